The van der Waals surface area contributed by atoms with E-state index in [-0.39, 0.29) is 11.9 Å². The largest absolute Gasteiger partial charge is 0.391 e. The molecule has 2 aromatic heterocycles. The Morgan fingerprint density at radius 1 is 1.28 bits per heavy atom. The van der Waals surface area contributed by atoms with Crippen molar-refractivity contribution in [2.45, 2.75) is 12.5 Å². The van der Waals surface area contributed by atoms with Gasteiger partial charge in [0.15, 0.2) is 0 Å². The number of nitrogens with zero attached hydrogens (tertiary/aromatic N) is 2. The predicted molar refractivity (Wildman–Crippen MR) is 96.3 cm³/mol. The third kappa shape index (κ3) is 3.34. The van der Waals surface area contributed by atoms with Crippen molar-refractivity contribution in [1.29, 1.82) is 0 Å². The average Bonchev–Trinajstić information content (AvgIpc) is 3.22. The molecule has 3 aromatic rings. The molecule has 3 N–H and O–H groups in total. The van der Waals surface area contributed by atoms with E-state index in [0.717, 1.165) is 17.3 Å². The number of likely N-dealkylation sites (tertiary alicyclic amines) is 1. The van der Waals surface area contributed by atoms with E-state index in [1.54, 1.807) is 11.1 Å². The Balaban J connectivity index is 1.40. The molecule has 0 saturated carbocycles. The molecule has 2 amide bonds. The van der Waals surface area contributed by atoms with Crippen LogP contribution < -0.4 is 5.32 Å². The number of anilines is 1. The first-order chi connectivity index (χ1) is 12.2. The summed E-state index contributed by atoms with van der Waals surface area (Å²) in [6, 6.07) is 13.6. The van der Waals surface area contributed by atoms with Crippen LogP contribution in [0.3, 0.4) is 0 Å². The number of H-pyrrole nitrogens is 1. The van der Waals surface area contributed by atoms with Gasteiger partial charge in [0.1, 0.15) is 5.82 Å². The Morgan fingerprint density at radius 3 is 2.96 bits per heavy atom. The Bertz CT molecular complexity index is 877. The molecule has 128 valence electrons. The Labute approximate surface area is 145 Å². The van der Waals surface area contributed by atoms with E-state index in [1.807, 2.05) is 48.7 Å². The second-order valence-corrected chi connectivity index (χ2v) is 6.49. The van der Waals surface area contributed by atoms with Gasteiger partial charge in [-0.15, -0.1) is 0 Å². The summed E-state index contributed by atoms with van der Waals surface area (Å²) >= 11 is 0. The Hall–Kier alpha value is -2.86. The van der Waals surface area contributed by atoms with Crippen molar-refractivity contribution in [2.24, 2.45) is 5.92 Å². The Kier molecular flexibility index (Phi) is 4.11. The summed E-state index contributed by atoms with van der Waals surface area (Å²) < 4.78 is 0. The summed E-state index contributed by atoms with van der Waals surface area (Å²) in [6.07, 6.45) is 3.79. The number of urea groups is 1. The highest BCUT2D eigenvalue weighted by Gasteiger charge is 2.34. The summed E-state index contributed by atoms with van der Waals surface area (Å²) in [5.74, 6) is 0.561. The van der Waals surface area contributed by atoms with E-state index in [0.29, 0.717) is 18.9 Å². The lowest BCUT2D eigenvalue weighted by Gasteiger charge is -2.16. The van der Waals surface area contributed by atoms with Gasteiger partial charge in [-0.05, 0) is 24.1 Å². The number of amides is 2. The molecule has 0 aliphatic carbocycles. The first-order valence-electron chi connectivity index (χ1n) is 8.40. The normalized spacial score (nSPS) is 20.1. The van der Waals surface area contributed by atoms with Gasteiger partial charge in [0.25, 0.3) is 0 Å². The number of nitrogens with one attached hydrogen (secondary N) is 2. The summed E-state index contributed by atoms with van der Waals surface area (Å²) in [4.78, 5) is 21.5. The number of rotatable bonds is 3. The maximum atomic E-state index is 12.5. The van der Waals surface area contributed by atoms with E-state index in [9.17, 15) is 9.90 Å². The van der Waals surface area contributed by atoms with Gasteiger partial charge in [0.05, 0.1) is 17.8 Å². The number of hydrogen-bond donors (Lipinski definition) is 3. The molecule has 1 fully saturated rings. The lowest BCUT2D eigenvalue weighted by molar-refractivity contribution is 0.143. The van der Waals surface area contributed by atoms with Crippen molar-refractivity contribution < 1.29 is 9.90 Å². The maximum absolute atomic E-state index is 12.5. The zero-order chi connectivity index (χ0) is 17.2. The second-order valence-electron chi connectivity index (χ2n) is 6.49. The molecule has 0 bridgehead atoms. The summed E-state index contributed by atoms with van der Waals surface area (Å²) in [5, 5.41) is 14.1. The molecule has 1 aliphatic rings. The predicted octanol–water partition coefficient (Wildman–Crippen LogP) is 2.63. The molecule has 0 unspecified atom stereocenters. The van der Waals surface area contributed by atoms with Crippen LogP contribution in [0.2, 0.25) is 0 Å². The smallest absolute Gasteiger partial charge is 0.323 e. The molecule has 2 atom stereocenters. The SMILES string of the molecule is O=C(Nc1cc2cc[nH]c2cn1)N1C[C@@H](Cc2ccccc2)[C@H](O)C1. The van der Waals surface area contributed by atoms with E-state index in [2.05, 4.69) is 15.3 Å². The number of pyridine rings is 1. The number of hydrogen-bond acceptors (Lipinski definition) is 3. The fourth-order valence-electron chi connectivity index (χ4n) is 3.35. The van der Waals surface area contributed by atoms with Crippen LogP contribution in [-0.4, -0.2) is 45.2 Å². The number of aliphatic hydroxyl groups is 1. The lowest BCUT2D eigenvalue weighted by atomic mass is 9.97. The van der Waals surface area contributed by atoms with Crippen molar-refractivity contribution in [3.05, 3.63) is 60.4 Å². The van der Waals surface area contributed by atoms with Crippen LogP contribution in [0.25, 0.3) is 10.9 Å². The molecule has 1 saturated heterocycles. The van der Waals surface area contributed by atoms with E-state index >= 15 is 0 Å². The molecule has 1 aromatic carbocycles. The van der Waals surface area contributed by atoms with Gasteiger partial charge in [-0.1, -0.05) is 30.3 Å². The van der Waals surface area contributed by atoms with Gasteiger partial charge in [-0.25, -0.2) is 9.78 Å². The number of aromatic nitrogens is 2. The minimum Gasteiger partial charge on any atom is -0.391 e. The number of aliphatic hydroxyl groups excluding tert-OH is 1. The van der Waals surface area contributed by atoms with Crippen LogP contribution in [0.1, 0.15) is 5.56 Å². The summed E-state index contributed by atoms with van der Waals surface area (Å²) in [7, 11) is 0. The molecule has 6 heteroatoms. The van der Waals surface area contributed by atoms with Crippen LogP contribution >= 0.6 is 0 Å². The van der Waals surface area contributed by atoms with Crippen molar-refractivity contribution in [3.8, 4) is 0 Å². The van der Waals surface area contributed by atoms with Crippen LogP contribution in [0, 0.1) is 5.92 Å². The third-order valence-electron chi connectivity index (χ3n) is 4.71. The maximum Gasteiger partial charge on any atom is 0.323 e. The highest BCUT2D eigenvalue weighted by atomic mass is 16.3. The molecule has 4 rings (SSSR count). The van der Waals surface area contributed by atoms with Gasteiger partial charge in [-0.2, -0.15) is 0 Å². The van der Waals surface area contributed by atoms with Crippen molar-refractivity contribution in [3.63, 3.8) is 0 Å². The number of fused-ring (bicyclic) bond motifs is 1. The minimum absolute atomic E-state index is 0.0493. The molecule has 25 heavy (non-hydrogen) atoms. The highest BCUT2D eigenvalue weighted by Crippen LogP contribution is 2.22. The van der Waals surface area contributed by atoms with Gasteiger partial charge in [0.2, 0.25) is 0 Å². The van der Waals surface area contributed by atoms with Gasteiger partial charge >= 0.3 is 6.03 Å². The Morgan fingerprint density at radius 2 is 2.12 bits per heavy atom. The topological polar surface area (TPSA) is 81.2 Å². The standard InChI is InChI=1S/C19H20N4O2/c24-17-12-23(11-15(17)8-13-4-2-1-3-5-13)19(25)22-18-9-14-6-7-20-16(14)10-21-18/h1-7,9-10,15,17,20,24H,8,11-12H2,(H,21,22,25)/t15-,17-/m1/s1. The zero-order valence-corrected chi connectivity index (χ0v) is 13.7. The van der Waals surface area contributed by atoms with Crippen LogP contribution in [0.15, 0.2) is 54.9 Å². The lowest BCUT2D eigenvalue weighted by Crippen LogP contribution is -2.34. The fraction of sp³-hybridized carbons (Fsp3) is 0.263. The van der Waals surface area contributed by atoms with Crippen molar-refractivity contribution >= 4 is 22.8 Å². The van der Waals surface area contributed by atoms with Crippen molar-refractivity contribution in [2.75, 3.05) is 18.4 Å². The fourth-order valence-corrected chi connectivity index (χ4v) is 3.35. The molecular weight excluding hydrogens is 316 g/mol. The summed E-state index contributed by atoms with van der Waals surface area (Å²) in [5.41, 5.74) is 2.10. The molecule has 3 heterocycles. The van der Waals surface area contributed by atoms with Crippen LogP contribution in [-0.2, 0) is 6.42 Å². The van der Waals surface area contributed by atoms with Gasteiger partial charge < -0.3 is 15.0 Å². The quantitative estimate of drug-likeness (QED) is 0.688. The number of carbonyl (C=O) groups is 1. The number of β-amino-alcohol motifs (C(OH)–C–C–N with tert-alkyl or cyclic N) is 1. The van der Waals surface area contributed by atoms with Crippen LogP contribution in [0.5, 0.6) is 0 Å². The number of aromatic amines is 1. The van der Waals surface area contributed by atoms with E-state index < -0.39 is 6.10 Å². The second kappa shape index (κ2) is 6.57. The molecule has 6 nitrogen and oxygen atoms in total. The zero-order valence-electron chi connectivity index (χ0n) is 13.7. The number of benzene rings is 1. The van der Waals surface area contributed by atoms with Gasteiger partial charge in [0, 0.05) is 30.6 Å². The monoisotopic (exact) mass is 336 g/mol. The van der Waals surface area contributed by atoms with E-state index in [4.69, 9.17) is 0 Å². The first-order valence-corrected chi connectivity index (χ1v) is 8.40. The summed E-state index contributed by atoms with van der Waals surface area (Å²) in [6.45, 7) is 0.879. The molecule has 0 spiro atoms. The third-order valence-corrected chi connectivity index (χ3v) is 4.71. The van der Waals surface area contributed by atoms with Crippen molar-refractivity contribution in [1.82, 2.24) is 14.9 Å². The molecular formula is C19H20N4O2. The minimum atomic E-state index is -0.508. The van der Waals surface area contributed by atoms with Crippen LogP contribution in [0.4, 0.5) is 10.6 Å². The van der Waals surface area contributed by atoms with E-state index in [1.165, 1.54) is 5.56 Å². The average molecular weight is 336 g/mol. The first kappa shape index (κ1) is 15.7. The molecule has 1 aliphatic heterocycles. The number of carbonyl (C=O) groups excluding carboxylic acids is 1. The molecule has 0 radical (unpaired) electrons. The highest BCUT2D eigenvalue weighted by molar-refractivity contribution is 5.91. The van der Waals surface area contributed by atoms with Gasteiger partial charge in [-0.3, -0.25) is 5.32 Å².